The third-order valence-corrected chi connectivity index (χ3v) is 3.47. The lowest BCUT2D eigenvalue weighted by atomic mass is 9.99. The zero-order valence-electron chi connectivity index (χ0n) is 11.6. The van der Waals surface area contributed by atoms with Crippen LogP contribution < -0.4 is 0 Å². The van der Waals surface area contributed by atoms with Crippen molar-refractivity contribution in [3.63, 3.8) is 0 Å². The Morgan fingerprint density at radius 2 is 1.65 bits per heavy atom. The molecule has 0 saturated heterocycles. The van der Waals surface area contributed by atoms with E-state index in [0.717, 1.165) is 22.2 Å². The summed E-state index contributed by atoms with van der Waals surface area (Å²) >= 11 is 0. The molecule has 0 fully saturated rings. The van der Waals surface area contributed by atoms with Gasteiger partial charge < -0.3 is 0 Å². The Bertz CT molecular complexity index is 788. The molecule has 2 heteroatoms. The van der Waals surface area contributed by atoms with Gasteiger partial charge in [0, 0.05) is 22.2 Å². The van der Waals surface area contributed by atoms with Crippen LogP contribution in [0.4, 0.5) is 0 Å². The van der Waals surface area contributed by atoms with Gasteiger partial charge in [-0.05, 0) is 26.0 Å². The molecule has 0 atom stereocenters. The van der Waals surface area contributed by atoms with E-state index < -0.39 is 0 Å². The Kier molecular flexibility index (Phi) is 3.07. The van der Waals surface area contributed by atoms with Crippen LogP contribution in [0, 0.1) is 13.8 Å². The van der Waals surface area contributed by atoms with E-state index in [4.69, 9.17) is 0 Å². The lowest BCUT2D eigenvalue weighted by molar-refractivity contribution is 0.103. The molecule has 0 radical (unpaired) electrons. The highest BCUT2D eigenvalue weighted by Crippen LogP contribution is 2.19. The summed E-state index contributed by atoms with van der Waals surface area (Å²) in [5.41, 5.74) is 4.22. The third kappa shape index (κ3) is 2.21. The van der Waals surface area contributed by atoms with Gasteiger partial charge in [0.1, 0.15) is 0 Å². The lowest BCUT2D eigenvalue weighted by Gasteiger charge is -2.07. The molecule has 20 heavy (non-hydrogen) atoms. The summed E-state index contributed by atoms with van der Waals surface area (Å²) < 4.78 is 0. The van der Waals surface area contributed by atoms with Crippen molar-refractivity contribution < 1.29 is 4.79 Å². The van der Waals surface area contributed by atoms with E-state index in [1.807, 2.05) is 68.4 Å². The fourth-order valence-corrected chi connectivity index (χ4v) is 2.30. The number of hydrogen-bond donors (Lipinski definition) is 0. The van der Waals surface area contributed by atoms with Crippen molar-refractivity contribution in [1.82, 2.24) is 4.98 Å². The molecule has 0 unspecified atom stereocenters. The summed E-state index contributed by atoms with van der Waals surface area (Å²) in [6, 6.07) is 17.4. The van der Waals surface area contributed by atoms with E-state index in [0.29, 0.717) is 11.1 Å². The van der Waals surface area contributed by atoms with Gasteiger partial charge >= 0.3 is 0 Å². The zero-order chi connectivity index (χ0) is 14.1. The molecule has 98 valence electrons. The largest absolute Gasteiger partial charge is 0.289 e. The van der Waals surface area contributed by atoms with Gasteiger partial charge in [0.25, 0.3) is 0 Å². The molecule has 0 bridgehead atoms. The maximum Gasteiger partial charge on any atom is 0.194 e. The molecule has 0 spiro atoms. The van der Waals surface area contributed by atoms with E-state index >= 15 is 0 Å². The van der Waals surface area contributed by atoms with Crippen molar-refractivity contribution >= 4 is 16.7 Å². The average molecular weight is 261 g/mol. The molecule has 0 aliphatic carbocycles. The summed E-state index contributed by atoms with van der Waals surface area (Å²) in [6.45, 7) is 3.89. The molecule has 3 rings (SSSR count). The number of rotatable bonds is 2. The fraction of sp³-hybridized carbons (Fsp3) is 0.111. The first-order valence-corrected chi connectivity index (χ1v) is 6.63. The number of aromatic nitrogens is 1. The van der Waals surface area contributed by atoms with E-state index in [2.05, 4.69) is 4.98 Å². The van der Waals surface area contributed by atoms with Gasteiger partial charge in [-0.2, -0.15) is 0 Å². The number of aryl methyl sites for hydroxylation is 2. The van der Waals surface area contributed by atoms with Gasteiger partial charge in [-0.15, -0.1) is 0 Å². The minimum Gasteiger partial charge on any atom is -0.289 e. The second kappa shape index (κ2) is 4.89. The number of fused-ring (bicyclic) bond motifs is 1. The second-order valence-corrected chi connectivity index (χ2v) is 5.01. The van der Waals surface area contributed by atoms with Crippen LogP contribution >= 0.6 is 0 Å². The van der Waals surface area contributed by atoms with Crippen LogP contribution in [0.1, 0.15) is 27.2 Å². The van der Waals surface area contributed by atoms with Crippen molar-refractivity contribution in [2.24, 2.45) is 0 Å². The molecule has 1 heterocycles. The number of carbonyl (C=O) groups excluding carboxylic acids is 1. The average Bonchev–Trinajstić information content (AvgIpc) is 2.46. The first kappa shape index (κ1) is 12.5. The number of benzene rings is 2. The quantitative estimate of drug-likeness (QED) is 0.650. The predicted octanol–water partition coefficient (Wildman–Crippen LogP) is 4.08. The minimum absolute atomic E-state index is 0.0285. The highest BCUT2D eigenvalue weighted by atomic mass is 16.1. The first-order chi connectivity index (χ1) is 9.65. The maximum atomic E-state index is 12.6. The van der Waals surface area contributed by atoms with Crippen molar-refractivity contribution in [3.05, 3.63) is 77.0 Å². The molecule has 1 aromatic heterocycles. The SMILES string of the molecule is Cc1ccc(C(=O)c2cc3ccccc3nc2C)cc1. The van der Waals surface area contributed by atoms with Gasteiger partial charge in [-0.3, -0.25) is 9.78 Å². The molecule has 0 saturated carbocycles. The summed E-state index contributed by atoms with van der Waals surface area (Å²) in [6.07, 6.45) is 0. The second-order valence-electron chi connectivity index (χ2n) is 5.01. The lowest BCUT2D eigenvalue weighted by Crippen LogP contribution is -2.05. The standard InChI is InChI=1S/C18H15NO/c1-12-7-9-14(10-8-12)18(20)16-11-15-5-3-4-6-17(15)19-13(16)2/h3-11H,1-2H3. The van der Waals surface area contributed by atoms with Crippen molar-refractivity contribution in [2.45, 2.75) is 13.8 Å². The Morgan fingerprint density at radius 1 is 0.950 bits per heavy atom. The molecular weight excluding hydrogens is 246 g/mol. The molecule has 0 N–H and O–H groups in total. The number of para-hydroxylation sites is 1. The minimum atomic E-state index is 0.0285. The number of ketones is 1. The Morgan fingerprint density at radius 3 is 2.40 bits per heavy atom. The molecule has 0 amide bonds. The fourth-order valence-electron chi connectivity index (χ4n) is 2.30. The summed E-state index contributed by atoms with van der Waals surface area (Å²) in [5, 5.41) is 0.994. The van der Waals surface area contributed by atoms with Gasteiger partial charge in [0.15, 0.2) is 5.78 Å². The Balaban J connectivity index is 2.11. The van der Waals surface area contributed by atoms with Gasteiger partial charge in [0.2, 0.25) is 0 Å². The smallest absolute Gasteiger partial charge is 0.194 e. The van der Waals surface area contributed by atoms with Crippen LogP contribution in [0.2, 0.25) is 0 Å². The van der Waals surface area contributed by atoms with Gasteiger partial charge in [-0.25, -0.2) is 0 Å². The molecular formula is C18H15NO. The number of carbonyl (C=O) groups is 1. The molecule has 3 aromatic rings. The van der Waals surface area contributed by atoms with Crippen LogP contribution in [0.15, 0.2) is 54.6 Å². The van der Waals surface area contributed by atoms with Crippen molar-refractivity contribution in [1.29, 1.82) is 0 Å². The zero-order valence-corrected chi connectivity index (χ0v) is 11.6. The number of pyridine rings is 1. The predicted molar refractivity (Wildman–Crippen MR) is 81.1 cm³/mol. The van der Waals surface area contributed by atoms with Crippen molar-refractivity contribution in [2.75, 3.05) is 0 Å². The molecule has 2 aromatic carbocycles. The summed E-state index contributed by atoms with van der Waals surface area (Å²) in [5.74, 6) is 0.0285. The van der Waals surface area contributed by atoms with Crippen LogP contribution in [0.25, 0.3) is 10.9 Å². The van der Waals surface area contributed by atoms with Gasteiger partial charge in [0.05, 0.1) is 5.52 Å². The highest BCUT2D eigenvalue weighted by molar-refractivity contribution is 6.11. The Labute approximate surface area is 118 Å². The van der Waals surface area contributed by atoms with Crippen LogP contribution in [-0.4, -0.2) is 10.8 Å². The molecule has 0 aliphatic rings. The topological polar surface area (TPSA) is 30.0 Å². The normalized spacial score (nSPS) is 10.7. The van der Waals surface area contributed by atoms with E-state index in [1.54, 1.807) is 0 Å². The van der Waals surface area contributed by atoms with Crippen LogP contribution in [-0.2, 0) is 0 Å². The van der Waals surface area contributed by atoms with E-state index in [-0.39, 0.29) is 5.78 Å². The highest BCUT2D eigenvalue weighted by Gasteiger charge is 2.13. The van der Waals surface area contributed by atoms with Crippen LogP contribution in [0.3, 0.4) is 0 Å². The maximum absolute atomic E-state index is 12.6. The monoisotopic (exact) mass is 261 g/mol. The third-order valence-electron chi connectivity index (χ3n) is 3.47. The molecule has 2 nitrogen and oxygen atoms in total. The first-order valence-electron chi connectivity index (χ1n) is 6.63. The number of hydrogen-bond acceptors (Lipinski definition) is 2. The summed E-state index contributed by atoms with van der Waals surface area (Å²) in [4.78, 5) is 17.1. The summed E-state index contributed by atoms with van der Waals surface area (Å²) in [7, 11) is 0. The van der Waals surface area contributed by atoms with E-state index in [1.165, 1.54) is 0 Å². The van der Waals surface area contributed by atoms with Crippen LogP contribution in [0.5, 0.6) is 0 Å². The van der Waals surface area contributed by atoms with Crippen molar-refractivity contribution in [3.8, 4) is 0 Å². The van der Waals surface area contributed by atoms with Gasteiger partial charge in [-0.1, -0.05) is 48.0 Å². The van der Waals surface area contributed by atoms with E-state index in [9.17, 15) is 4.79 Å². The Hall–Kier alpha value is -2.48. The number of nitrogens with zero attached hydrogens (tertiary/aromatic N) is 1. The molecule has 0 aliphatic heterocycles.